The highest BCUT2D eigenvalue weighted by molar-refractivity contribution is 5.76. The summed E-state index contributed by atoms with van der Waals surface area (Å²) in [5.41, 5.74) is 0.950. The summed E-state index contributed by atoms with van der Waals surface area (Å²) in [6, 6.07) is 10.1. The van der Waals surface area contributed by atoms with Crippen LogP contribution in [-0.2, 0) is 16.1 Å². The summed E-state index contributed by atoms with van der Waals surface area (Å²) >= 11 is 0. The van der Waals surface area contributed by atoms with Gasteiger partial charge >= 0.3 is 0 Å². The molecular weight excluding hydrogens is 380 g/mol. The number of ether oxygens (including phenoxy) is 1. The molecule has 8 heteroatoms. The minimum Gasteiger partial charge on any atom is -0.373 e. The van der Waals surface area contributed by atoms with Crippen LogP contribution in [0.2, 0.25) is 0 Å². The Morgan fingerprint density at radius 2 is 1.93 bits per heavy atom. The van der Waals surface area contributed by atoms with Gasteiger partial charge in [-0.05, 0) is 38.3 Å². The monoisotopic (exact) mass is 412 g/mol. The van der Waals surface area contributed by atoms with E-state index in [-0.39, 0.29) is 18.1 Å². The second-order valence-electron chi connectivity index (χ2n) is 8.54. The lowest BCUT2D eigenvalue weighted by molar-refractivity contribution is -0.133. The molecule has 0 spiro atoms. The van der Waals surface area contributed by atoms with Crippen molar-refractivity contribution in [3.63, 3.8) is 0 Å². The highest BCUT2D eigenvalue weighted by Gasteiger charge is 2.32. The van der Waals surface area contributed by atoms with Crippen LogP contribution in [0, 0.1) is 0 Å². The molecule has 1 amide bonds. The number of nitrogens with zero attached hydrogens (tertiary/aromatic N) is 6. The molecule has 3 heterocycles. The molecule has 2 aliphatic heterocycles. The summed E-state index contributed by atoms with van der Waals surface area (Å²) in [4.78, 5) is 19.0. The van der Waals surface area contributed by atoms with Gasteiger partial charge in [-0.3, -0.25) is 9.69 Å². The molecule has 0 bridgehead atoms. The lowest BCUT2D eigenvalue weighted by Gasteiger charge is -2.38. The third kappa shape index (κ3) is 5.23. The minimum absolute atomic E-state index is 0.246. The predicted molar refractivity (Wildman–Crippen MR) is 114 cm³/mol. The summed E-state index contributed by atoms with van der Waals surface area (Å²) in [6.07, 6.45) is 3.95. The van der Waals surface area contributed by atoms with Crippen LogP contribution in [-0.4, -0.2) is 80.3 Å². The van der Waals surface area contributed by atoms with E-state index < -0.39 is 0 Å². The number of tetrazole rings is 1. The highest BCUT2D eigenvalue weighted by Crippen LogP contribution is 2.22. The molecule has 4 rings (SSSR count). The van der Waals surface area contributed by atoms with Crippen LogP contribution >= 0.6 is 0 Å². The van der Waals surface area contributed by atoms with Gasteiger partial charge in [0.1, 0.15) is 0 Å². The van der Waals surface area contributed by atoms with Crippen molar-refractivity contribution in [1.82, 2.24) is 30.0 Å². The number of aryl methyl sites for hydroxylation is 1. The van der Waals surface area contributed by atoms with Crippen LogP contribution in [0.3, 0.4) is 0 Å². The number of carbonyl (C=O) groups excluding carboxylic acids is 1. The van der Waals surface area contributed by atoms with Gasteiger partial charge in [-0.1, -0.05) is 30.3 Å². The maximum atomic E-state index is 12.9. The summed E-state index contributed by atoms with van der Waals surface area (Å²) in [5, 5.41) is 12.7. The standard InChI is InChI=1S/C22H32N6O2/c1-17-14-26(15-18(2)30-17)16-20-10-6-12-27(20)21(29)11-7-13-28-24-22(23-25-28)19-8-4-3-5-9-19/h3-5,8-9,17-18,20H,6-7,10-16H2,1-2H3. The van der Waals surface area contributed by atoms with Crippen LogP contribution in [0.15, 0.2) is 30.3 Å². The maximum Gasteiger partial charge on any atom is 0.222 e. The van der Waals surface area contributed by atoms with Gasteiger partial charge in [0, 0.05) is 44.2 Å². The maximum absolute atomic E-state index is 12.9. The molecular formula is C22H32N6O2. The van der Waals surface area contributed by atoms with Gasteiger partial charge in [0.15, 0.2) is 0 Å². The molecule has 30 heavy (non-hydrogen) atoms. The quantitative estimate of drug-likeness (QED) is 0.694. The topological polar surface area (TPSA) is 76.4 Å². The number of hydrogen-bond acceptors (Lipinski definition) is 6. The van der Waals surface area contributed by atoms with Gasteiger partial charge in [-0.25, -0.2) is 0 Å². The average molecular weight is 413 g/mol. The second kappa shape index (κ2) is 9.66. The number of aromatic nitrogens is 4. The van der Waals surface area contributed by atoms with Crippen molar-refractivity contribution in [2.45, 2.75) is 64.3 Å². The molecule has 1 aromatic carbocycles. The number of morpholine rings is 1. The normalized spacial score (nSPS) is 25.0. The smallest absolute Gasteiger partial charge is 0.222 e. The third-order valence-electron chi connectivity index (χ3n) is 5.90. The summed E-state index contributed by atoms with van der Waals surface area (Å²) in [6.45, 7) is 8.58. The molecule has 0 radical (unpaired) electrons. The van der Waals surface area contributed by atoms with Crippen molar-refractivity contribution < 1.29 is 9.53 Å². The first-order chi connectivity index (χ1) is 14.6. The van der Waals surface area contributed by atoms with Crippen LogP contribution in [0.4, 0.5) is 0 Å². The Bertz CT molecular complexity index is 816. The first-order valence-electron chi connectivity index (χ1n) is 11.1. The number of carbonyl (C=O) groups is 1. The molecule has 0 N–H and O–H groups in total. The molecule has 3 unspecified atom stereocenters. The number of rotatable bonds is 7. The van der Waals surface area contributed by atoms with E-state index >= 15 is 0 Å². The van der Waals surface area contributed by atoms with Crippen LogP contribution in [0.1, 0.15) is 39.5 Å². The van der Waals surface area contributed by atoms with Gasteiger partial charge in [0.05, 0.1) is 18.8 Å². The van der Waals surface area contributed by atoms with Crippen molar-refractivity contribution >= 4 is 5.91 Å². The summed E-state index contributed by atoms with van der Waals surface area (Å²) in [7, 11) is 0. The number of benzene rings is 1. The van der Waals surface area contributed by atoms with E-state index in [9.17, 15) is 4.79 Å². The zero-order chi connectivity index (χ0) is 20.9. The fraction of sp³-hybridized carbons (Fsp3) is 0.636. The van der Waals surface area contributed by atoms with Crippen LogP contribution in [0.5, 0.6) is 0 Å². The van der Waals surface area contributed by atoms with Gasteiger partial charge in [0.2, 0.25) is 11.7 Å². The zero-order valence-electron chi connectivity index (χ0n) is 18.0. The third-order valence-corrected chi connectivity index (χ3v) is 5.90. The Labute approximate surface area is 178 Å². The molecule has 2 saturated heterocycles. The van der Waals surface area contributed by atoms with Crippen LogP contribution in [0.25, 0.3) is 11.4 Å². The van der Waals surface area contributed by atoms with Crippen molar-refractivity contribution in [2.24, 2.45) is 0 Å². The lowest BCUT2D eigenvalue weighted by atomic mass is 10.1. The van der Waals surface area contributed by atoms with Gasteiger partial charge in [-0.2, -0.15) is 4.80 Å². The van der Waals surface area contributed by atoms with Gasteiger partial charge in [-0.15, -0.1) is 10.2 Å². The Morgan fingerprint density at radius 3 is 2.70 bits per heavy atom. The highest BCUT2D eigenvalue weighted by atomic mass is 16.5. The SMILES string of the molecule is CC1CN(CC2CCCN2C(=O)CCCn2nnc(-c3ccccc3)n2)CC(C)O1. The van der Waals surface area contributed by atoms with Crippen molar-refractivity contribution in [2.75, 3.05) is 26.2 Å². The van der Waals surface area contributed by atoms with E-state index in [4.69, 9.17) is 4.74 Å². The fourth-order valence-corrected chi connectivity index (χ4v) is 4.64. The minimum atomic E-state index is 0.246. The summed E-state index contributed by atoms with van der Waals surface area (Å²) in [5.74, 6) is 0.866. The molecule has 0 saturated carbocycles. The number of likely N-dealkylation sites (tertiary alicyclic amines) is 1. The Morgan fingerprint density at radius 1 is 1.17 bits per heavy atom. The fourth-order valence-electron chi connectivity index (χ4n) is 4.64. The molecule has 0 aliphatic carbocycles. The van der Waals surface area contributed by atoms with E-state index in [0.29, 0.717) is 24.8 Å². The molecule has 2 fully saturated rings. The molecule has 1 aromatic heterocycles. The second-order valence-corrected chi connectivity index (χ2v) is 8.54. The summed E-state index contributed by atoms with van der Waals surface area (Å²) < 4.78 is 5.84. The molecule has 3 atom stereocenters. The number of amides is 1. The first-order valence-corrected chi connectivity index (χ1v) is 11.1. The van der Waals surface area contributed by atoms with Gasteiger partial charge in [0.25, 0.3) is 0 Å². The van der Waals surface area contributed by atoms with E-state index in [1.165, 1.54) is 0 Å². The zero-order valence-corrected chi connectivity index (χ0v) is 18.0. The predicted octanol–water partition coefficient (Wildman–Crippen LogP) is 2.22. The van der Waals surface area contributed by atoms with E-state index in [0.717, 1.165) is 51.0 Å². The van der Waals surface area contributed by atoms with Crippen LogP contribution < -0.4 is 0 Å². The average Bonchev–Trinajstić information content (AvgIpc) is 3.37. The number of hydrogen-bond donors (Lipinski definition) is 0. The van der Waals surface area contributed by atoms with Crippen molar-refractivity contribution in [3.8, 4) is 11.4 Å². The Kier molecular flexibility index (Phi) is 6.74. The van der Waals surface area contributed by atoms with Crippen molar-refractivity contribution in [1.29, 1.82) is 0 Å². The van der Waals surface area contributed by atoms with E-state index in [1.807, 2.05) is 30.3 Å². The molecule has 162 valence electrons. The molecule has 2 aromatic rings. The van der Waals surface area contributed by atoms with E-state index in [2.05, 4.69) is 39.1 Å². The Hall–Kier alpha value is -2.32. The first kappa shape index (κ1) is 20.9. The van der Waals surface area contributed by atoms with E-state index in [1.54, 1.807) is 4.80 Å². The Balaban J connectivity index is 1.25. The molecule has 2 aliphatic rings. The van der Waals surface area contributed by atoms with Gasteiger partial charge < -0.3 is 9.64 Å². The van der Waals surface area contributed by atoms with Crippen molar-refractivity contribution in [3.05, 3.63) is 30.3 Å². The largest absolute Gasteiger partial charge is 0.373 e. The molecule has 8 nitrogen and oxygen atoms in total. The lowest BCUT2D eigenvalue weighted by Crippen LogP contribution is -2.50.